The summed E-state index contributed by atoms with van der Waals surface area (Å²) < 4.78 is 0. The zero-order valence-corrected chi connectivity index (χ0v) is 6.83. The molecule has 2 atom stereocenters. The van der Waals surface area contributed by atoms with Crippen LogP contribution in [0.15, 0.2) is 4.99 Å². The summed E-state index contributed by atoms with van der Waals surface area (Å²) in [6.07, 6.45) is -0.222. The minimum Gasteiger partial charge on any atom is -0.391 e. The van der Waals surface area contributed by atoms with Crippen molar-refractivity contribution in [1.29, 1.82) is 0 Å². The van der Waals surface area contributed by atoms with Gasteiger partial charge in [0.1, 0.15) is 0 Å². The molecule has 0 bridgehead atoms. The molecule has 1 aliphatic rings. The van der Waals surface area contributed by atoms with Crippen LogP contribution in [0.1, 0.15) is 20.8 Å². The molecular weight excluding hydrogens is 126 g/mol. The van der Waals surface area contributed by atoms with Crippen molar-refractivity contribution in [3.05, 3.63) is 0 Å². The van der Waals surface area contributed by atoms with Crippen molar-refractivity contribution in [2.24, 2.45) is 16.8 Å². The molecule has 10 heavy (non-hydrogen) atoms. The second kappa shape index (κ2) is 2.70. The van der Waals surface area contributed by atoms with E-state index < -0.39 is 0 Å². The standard InChI is InChI=1S/C8H15NO/c1-5(2)8-6(3)9-4-7(8)10/h5,7-8,10H,4H2,1-3H3. The molecule has 0 saturated heterocycles. The first-order chi connectivity index (χ1) is 4.63. The van der Waals surface area contributed by atoms with Crippen molar-refractivity contribution in [2.45, 2.75) is 26.9 Å². The lowest BCUT2D eigenvalue weighted by atomic mass is 9.89. The molecule has 1 rings (SSSR count). The van der Waals surface area contributed by atoms with Gasteiger partial charge in [-0.2, -0.15) is 0 Å². The van der Waals surface area contributed by atoms with Crippen molar-refractivity contribution >= 4 is 5.71 Å². The number of rotatable bonds is 1. The van der Waals surface area contributed by atoms with Gasteiger partial charge in [-0.15, -0.1) is 0 Å². The Hall–Kier alpha value is -0.370. The Morgan fingerprint density at radius 1 is 1.60 bits per heavy atom. The number of aliphatic hydroxyl groups excluding tert-OH is 1. The van der Waals surface area contributed by atoms with Gasteiger partial charge in [-0.3, -0.25) is 4.99 Å². The van der Waals surface area contributed by atoms with Gasteiger partial charge in [-0.05, 0) is 12.8 Å². The molecule has 2 heteroatoms. The van der Waals surface area contributed by atoms with Gasteiger partial charge < -0.3 is 5.11 Å². The first-order valence-corrected chi connectivity index (χ1v) is 3.82. The normalized spacial score (nSPS) is 33.1. The maximum absolute atomic E-state index is 9.42. The summed E-state index contributed by atoms with van der Waals surface area (Å²) in [4.78, 5) is 4.19. The fourth-order valence-electron chi connectivity index (χ4n) is 1.66. The monoisotopic (exact) mass is 141 g/mol. The molecule has 0 amide bonds. The highest BCUT2D eigenvalue weighted by molar-refractivity contribution is 5.86. The molecule has 1 heterocycles. The molecule has 0 saturated carbocycles. The van der Waals surface area contributed by atoms with E-state index in [4.69, 9.17) is 0 Å². The zero-order chi connectivity index (χ0) is 7.72. The van der Waals surface area contributed by atoms with Gasteiger partial charge in [0.25, 0.3) is 0 Å². The highest BCUT2D eigenvalue weighted by atomic mass is 16.3. The summed E-state index contributed by atoms with van der Waals surface area (Å²) in [6.45, 7) is 6.85. The molecule has 0 aromatic heterocycles. The topological polar surface area (TPSA) is 32.6 Å². The molecule has 1 aliphatic heterocycles. The van der Waals surface area contributed by atoms with Crippen LogP contribution in [0.3, 0.4) is 0 Å². The largest absolute Gasteiger partial charge is 0.391 e. The van der Waals surface area contributed by atoms with Crippen LogP contribution < -0.4 is 0 Å². The van der Waals surface area contributed by atoms with Crippen LogP contribution >= 0.6 is 0 Å². The lowest BCUT2D eigenvalue weighted by Gasteiger charge is -2.18. The van der Waals surface area contributed by atoms with Gasteiger partial charge in [0, 0.05) is 11.6 Å². The molecule has 1 N–H and O–H groups in total. The minimum absolute atomic E-state index is 0.222. The third-order valence-electron chi connectivity index (χ3n) is 2.14. The van der Waals surface area contributed by atoms with Gasteiger partial charge in [0.15, 0.2) is 0 Å². The molecule has 2 nitrogen and oxygen atoms in total. The first-order valence-electron chi connectivity index (χ1n) is 3.82. The summed E-state index contributed by atoms with van der Waals surface area (Å²) in [6, 6.07) is 0. The van der Waals surface area contributed by atoms with Crippen LogP contribution in [-0.2, 0) is 0 Å². The Balaban J connectivity index is 2.64. The molecule has 0 fully saturated rings. The number of hydrogen-bond acceptors (Lipinski definition) is 2. The average Bonchev–Trinajstić information content (AvgIpc) is 2.11. The van der Waals surface area contributed by atoms with Gasteiger partial charge in [0.05, 0.1) is 12.6 Å². The second-order valence-electron chi connectivity index (χ2n) is 3.32. The molecule has 0 aliphatic carbocycles. The van der Waals surface area contributed by atoms with Crippen LogP contribution in [0, 0.1) is 11.8 Å². The Labute approximate surface area is 62.0 Å². The predicted molar refractivity (Wildman–Crippen MR) is 42.3 cm³/mol. The fourth-order valence-corrected chi connectivity index (χ4v) is 1.66. The third kappa shape index (κ3) is 1.21. The molecule has 2 unspecified atom stereocenters. The second-order valence-corrected chi connectivity index (χ2v) is 3.32. The van der Waals surface area contributed by atoms with Crippen molar-refractivity contribution < 1.29 is 5.11 Å². The van der Waals surface area contributed by atoms with Crippen LogP contribution in [-0.4, -0.2) is 23.5 Å². The summed E-state index contributed by atoms with van der Waals surface area (Å²) in [5, 5.41) is 9.42. The minimum atomic E-state index is -0.222. The van der Waals surface area contributed by atoms with E-state index in [1.807, 2.05) is 6.92 Å². The first kappa shape index (κ1) is 7.73. The lowest BCUT2D eigenvalue weighted by molar-refractivity contribution is 0.136. The smallest absolute Gasteiger partial charge is 0.0817 e. The lowest BCUT2D eigenvalue weighted by Crippen LogP contribution is -2.26. The fraction of sp³-hybridized carbons (Fsp3) is 0.875. The summed E-state index contributed by atoms with van der Waals surface area (Å²) in [5.41, 5.74) is 1.11. The summed E-state index contributed by atoms with van der Waals surface area (Å²) in [5.74, 6) is 0.821. The van der Waals surface area contributed by atoms with Crippen molar-refractivity contribution in [2.75, 3.05) is 6.54 Å². The Morgan fingerprint density at radius 3 is 2.40 bits per heavy atom. The number of hydrogen-bond donors (Lipinski definition) is 1. The quantitative estimate of drug-likeness (QED) is 0.582. The van der Waals surface area contributed by atoms with Crippen LogP contribution in [0.5, 0.6) is 0 Å². The van der Waals surface area contributed by atoms with E-state index in [1.165, 1.54) is 0 Å². The predicted octanol–water partition coefficient (Wildman–Crippen LogP) is 1.09. The summed E-state index contributed by atoms with van der Waals surface area (Å²) in [7, 11) is 0. The highest BCUT2D eigenvalue weighted by Gasteiger charge is 2.29. The maximum Gasteiger partial charge on any atom is 0.0817 e. The summed E-state index contributed by atoms with van der Waals surface area (Å²) >= 11 is 0. The van der Waals surface area contributed by atoms with E-state index >= 15 is 0 Å². The number of aliphatic imine (C=N–C) groups is 1. The van der Waals surface area contributed by atoms with Crippen molar-refractivity contribution in [3.8, 4) is 0 Å². The molecule has 0 aromatic carbocycles. The van der Waals surface area contributed by atoms with E-state index in [0.717, 1.165) is 5.71 Å². The van der Waals surface area contributed by atoms with E-state index in [9.17, 15) is 5.11 Å². The molecule has 0 spiro atoms. The molecule has 0 aromatic rings. The van der Waals surface area contributed by atoms with E-state index in [2.05, 4.69) is 18.8 Å². The van der Waals surface area contributed by atoms with Gasteiger partial charge in [-0.25, -0.2) is 0 Å². The number of aliphatic hydroxyl groups is 1. The zero-order valence-electron chi connectivity index (χ0n) is 6.83. The molecule has 0 radical (unpaired) electrons. The molecule has 58 valence electrons. The van der Waals surface area contributed by atoms with E-state index in [1.54, 1.807) is 0 Å². The van der Waals surface area contributed by atoms with Gasteiger partial charge >= 0.3 is 0 Å². The Morgan fingerprint density at radius 2 is 2.20 bits per heavy atom. The SMILES string of the molecule is CC1=NCC(O)C1C(C)C. The van der Waals surface area contributed by atoms with Gasteiger partial charge in [0.2, 0.25) is 0 Å². The van der Waals surface area contributed by atoms with Crippen LogP contribution in [0.25, 0.3) is 0 Å². The number of nitrogens with zero attached hydrogens (tertiary/aromatic N) is 1. The highest BCUT2D eigenvalue weighted by Crippen LogP contribution is 2.22. The Kier molecular flexibility index (Phi) is 2.09. The van der Waals surface area contributed by atoms with Gasteiger partial charge in [-0.1, -0.05) is 13.8 Å². The van der Waals surface area contributed by atoms with E-state index in [-0.39, 0.29) is 6.10 Å². The van der Waals surface area contributed by atoms with Crippen LogP contribution in [0.2, 0.25) is 0 Å². The third-order valence-corrected chi connectivity index (χ3v) is 2.14. The van der Waals surface area contributed by atoms with Crippen LogP contribution in [0.4, 0.5) is 0 Å². The van der Waals surface area contributed by atoms with Crippen molar-refractivity contribution in [1.82, 2.24) is 0 Å². The maximum atomic E-state index is 9.42. The van der Waals surface area contributed by atoms with Crippen molar-refractivity contribution in [3.63, 3.8) is 0 Å². The molecular formula is C8H15NO. The van der Waals surface area contributed by atoms with E-state index in [0.29, 0.717) is 18.4 Å². The average molecular weight is 141 g/mol. The Bertz CT molecular complexity index is 151.